The van der Waals surface area contributed by atoms with Gasteiger partial charge in [-0.05, 0) is 13.3 Å². The van der Waals surface area contributed by atoms with Crippen LogP contribution in [0.5, 0.6) is 0 Å². The first-order valence-corrected chi connectivity index (χ1v) is 7.00. The van der Waals surface area contributed by atoms with Gasteiger partial charge >= 0.3 is 0 Å². The molecule has 2 atom stereocenters. The van der Waals surface area contributed by atoms with E-state index in [0.29, 0.717) is 6.42 Å². The van der Waals surface area contributed by atoms with Gasteiger partial charge in [0.1, 0.15) is 0 Å². The highest BCUT2D eigenvalue weighted by Gasteiger charge is 1.99. The van der Waals surface area contributed by atoms with Gasteiger partial charge in [0.05, 0.1) is 27.2 Å². The molecule has 0 aliphatic carbocycles. The molecule has 3 nitrogen and oxygen atoms in total. The summed E-state index contributed by atoms with van der Waals surface area (Å²) in [6.07, 6.45) is 6.13. The van der Waals surface area contributed by atoms with Crippen LogP contribution >= 0.6 is 0 Å². The van der Waals surface area contributed by atoms with Crippen LogP contribution in [0.25, 0.3) is 0 Å². The Morgan fingerprint density at radius 2 is 1.53 bits per heavy atom. The van der Waals surface area contributed by atoms with Crippen molar-refractivity contribution in [3.63, 3.8) is 0 Å². The van der Waals surface area contributed by atoms with Crippen LogP contribution in [0.1, 0.15) is 58.8 Å². The summed E-state index contributed by atoms with van der Waals surface area (Å²) in [7, 11) is 6.25. The predicted molar refractivity (Wildman–Crippen MR) is 72.2 cm³/mol. The lowest BCUT2D eigenvalue weighted by Gasteiger charge is -2.23. The zero-order chi connectivity index (χ0) is 13.7. The van der Waals surface area contributed by atoms with Gasteiger partial charge in [-0.1, -0.05) is 45.4 Å². The summed E-state index contributed by atoms with van der Waals surface area (Å²) in [5.74, 6) is 0. The third-order valence-corrected chi connectivity index (χ3v) is 2.23. The first-order valence-electron chi connectivity index (χ1n) is 7.00. The van der Waals surface area contributed by atoms with E-state index in [4.69, 9.17) is 5.11 Å². The van der Waals surface area contributed by atoms with Crippen LogP contribution in [-0.4, -0.2) is 38.5 Å². The van der Waals surface area contributed by atoms with E-state index in [9.17, 15) is 5.11 Å². The zero-order valence-corrected chi connectivity index (χ0v) is 12.5. The molecule has 0 fully saturated rings. The van der Waals surface area contributed by atoms with Crippen LogP contribution < -0.4 is 10.0 Å². The first-order chi connectivity index (χ1) is 7.90. The van der Waals surface area contributed by atoms with Crippen molar-refractivity contribution in [2.75, 3.05) is 21.1 Å². The van der Waals surface area contributed by atoms with Gasteiger partial charge in [-0.2, -0.15) is 0 Å². The summed E-state index contributed by atoms with van der Waals surface area (Å²) in [4.78, 5) is 1.42. The molecule has 0 aromatic carbocycles. The molecule has 0 heterocycles. The normalized spacial score (nSPS) is 14.1. The summed E-state index contributed by atoms with van der Waals surface area (Å²) >= 11 is 0. The molecule has 3 heteroatoms. The van der Waals surface area contributed by atoms with E-state index in [1.807, 2.05) is 0 Å². The fraction of sp³-hybridized carbons (Fsp3) is 1.00. The number of aliphatic hydroxyl groups excluding tert-OH is 1. The number of aliphatic hydroxyl groups is 1. The van der Waals surface area contributed by atoms with Crippen LogP contribution in [0.15, 0.2) is 0 Å². The largest absolute Gasteiger partial charge is 0.852 e. The van der Waals surface area contributed by atoms with Gasteiger partial charge in [0, 0.05) is 0 Å². The molecule has 0 saturated carbocycles. The molecule has 0 aliphatic rings. The van der Waals surface area contributed by atoms with E-state index in [-0.39, 0.29) is 0 Å². The molecule has 0 bridgehead atoms. The lowest BCUT2D eigenvalue weighted by molar-refractivity contribution is -0.836. The monoisotopic (exact) mass is 247 g/mol. The molecule has 0 amide bonds. The van der Waals surface area contributed by atoms with Crippen LogP contribution in [-0.2, 0) is 0 Å². The number of hydrogen-bond donors (Lipinski definition) is 2. The van der Waals surface area contributed by atoms with Crippen LogP contribution in [0.2, 0.25) is 0 Å². The third kappa shape index (κ3) is 25.8. The Kier molecular flexibility index (Phi) is 15.8. The molecule has 0 spiro atoms. The minimum Gasteiger partial charge on any atom is -0.852 e. The van der Waals surface area contributed by atoms with Crippen LogP contribution in [0, 0.1) is 0 Å². The van der Waals surface area contributed by atoms with E-state index in [0.717, 1.165) is 12.8 Å². The molecule has 0 aromatic heterocycles. The Morgan fingerprint density at radius 3 is 1.94 bits per heavy atom. The van der Waals surface area contributed by atoms with Crippen LogP contribution in [0.4, 0.5) is 0 Å². The highest BCUT2D eigenvalue weighted by molar-refractivity contribution is 4.58. The Morgan fingerprint density at radius 1 is 1.06 bits per heavy atom. The topological polar surface area (TPSA) is 47.7 Å². The summed E-state index contributed by atoms with van der Waals surface area (Å²) in [6, 6.07) is 0. The fourth-order valence-electron chi connectivity index (χ4n) is 1.47. The van der Waals surface area contributed by atoms with E-state index < -0.39 is 12.2 Å². The number of nitrogens with one attached hydrogen (secondary N) is 1. The molecular weight excluding hydrogens is 214 g/mol. The Bertz CT molecular complexity index is 135. The van der Waals surface area contributed by atoms with Gasteiger partial charge in [0.2, 0.25) is 0 Å². The van der Waals surface area contributed by atoms with Gasteiger partial charge in [-0.15, -0.1) is 6.10 Å². The number of unbranched alkanes of at least 4 members (excludes halogenated alkanes) is 4. The Balaban J connectivity index is 0. The van der Waals surface area contributed by atoms with E-state index in [1.54, 1.807) is 6.92 Å². The van der Waals surface area contributed by atoms with Crippen molar-refractivity contribution in [1.29, 1.82) is 0 Å². The minimum atomic E-state index is -0.554. The highest BCUT2D eigenvalue weighted by atomic mass is 16.3. The smallest absolute Gasteiger partial charge is 0.0661 e. The van der Waals surface area contributed by atoms with Gasteiger partial charge in [0.15, 0.2) is 0 Å². The summed E-state index contributed by atoms with van der Waals surface area (Å²) in [6.45, 7) is 3.87. The molecule has 2 N–H and O–H groups in total. The maximum absolute atomic E-state index is 11.2. The van der Waals surface area contributed by atoms with Crippen molar-refractivity contribution < 1.29 is 15.1 Å². The number of quaternary nitrogens is 1. The second-order valence-corrected chi connectivity index (χ2v) is 5.41. The fourth-order valence-corrected chi connectivity index (χ4v) is 1.47. The van der Waals surface area contributed by atoms with E-state index in [1.165, 1.54) is 30.6 Å². The van der Waals surface area contributed by atoms with Gasteiger partial charge in [0.25, 0.3) is 0 Å². The number of rotatable bonds is 8. The van der Waals surface area contributed by atoms with Crippen molar-refractivity contribution in [2.45, 2.75) is 71.0 Å². The molecule has 0 aromatic rings. The molecule has 2 unspecified atom stereocenters. The zero-order valence-electron chi connectivity index (χ0n) is 12.5. The maximum atomic E-state index is 11.2. The maximum Gasteiger partial charge on any atom is 0.0661 e. The van der Waals surface area contributed by atoms with Crippen molar-refractivity contribution >= 4 is 0 Å². The van der Waals surface area contributed by atoms with Crippen molar-refractivity contribution in [3.05, 3.63) is 0 Å². The Hall–Kier alpha value is -0.120. The van der Waals surface area contributed by atoms with Crippen molar-refractivity contribution in [2.24, 2.45) is 0 Å². The molecule has 17 heavy (non-hydrogen) atoms. The quantitative estimate of drug-likeness (QED) is 0.617. The molecule has 0 aliphatic heterocycles. The van der Waals surface area contributed by atoms with E-state index >= 15 is 0 Å². The summed E-state index contributed by atoms with van der Waals surface area (Å²) in [5.41, 5.74) is 0. The SMILES string of the molecule is CCCCCCCC([O-])CC(C)O.C[NH+](C)C. The molecule has 0 radical (unpaired) electrons. The summed E-state index contributed by atoms with van der Waals surface area (Å²) < 4.78 is 0. The lowest BCUT2D eigenvalue weighted by atomic mass is 10.0. The number of hydrogen-bond acceptors (Lipinski definition) is 2. The van der Waals surface area contributed by atoms with Gasteiger partial charge < -0.3 is 15.1 Å². The highest BCUT2D eigenvalue weighted by Crippen LogP contribution is 2.08. The second-order valence-electron chi connectivity index (χ2n) is 5.41. The van der Waals surface area contributed by atoms with Gasteiger partial charge in [-0.25, -0.2) is 0 Å². The average Bonchev–Trinajstić information content (AvgIpc) is 2.15. The Labute approximate surface area is 108 Å². The first kappa shape index (κ1) is 19.2. The third-order valence-electron chi connectivity index (χ3n) is 2.23. The minimum absolute atomic E-state index is 0.410. The van der Waals surface area contributed by atoms with E-state index in [2.05, 4.69) is 28.1 Å². The van der Waals surface area contributed by atoms with Crippen molar-refractivity contribution in [1.82, 2.24) is 0 Å². The van der Waals surface area contributed by atoms with Crippen LogP contribution in [0.3, 0.4) is 0 Å². The summed E-state index contributed by atoms with van der Waals surface area (Å²) in [5, 5.41) is 20.2. The van der Waals surface area contributed by atoms with Crippen molar-refractivity contribution in [3.8, 4) is 0 Å². The van der Waals surface area contributed by atoms with Gasteiger partial charge in [-0.3, -0.25) is 0 Å². The lowest BCUT2D eigenvalue weighted by Crippen LogP contribution is -3.02. The molecule has 0 saturated heterocycles. The molecular formula is C14H33NO2. The standard InChI is InChI=1S/C11H23O2.C3H9N/c1-3-4-5-6-7-8-11(13)9-10(2)12;1-4(2)3/h10-12H,3-9H2,1-2H3;1-3H3/q-1;/p+1. The second kappa shape index (κ2) is 13.9. The average molecular weight is 247 g/mol. The molecule has 0 rings (SSSR count). The predicted octanol–water partition coefficient (Wildman–Crippen LogP) is 0.607. The molecule has 106 valence electrons.